The Morgan fingerprint density at radius 1 is 1.26 bits per heavy atom. The van der Waals surface area contributed by atoms with Gasteiger partial charge in [-0.1, -0.05) is 26.8 Å². The number of H-pyrrole nitrogens is 1. The maximum absolute atomic E-state index is 12.4. The molecule has 3 rings (SSSR count). The molecule has 0 atom stereocenters. The third kappa shape index (κ3) is 1.99. The molecule has 1 aliphatic rings. The molecule has 0 radical (unpaired) electrons. The van der Waals surface area contributed by atoms with Gasteiger partial charge in [0, 0.05) is 17.6 Å². The first-order chi connectivity index (χ1) is 8.89. The molecule has 2 nitrogen and oxygen atoms in total. The summed E-state index contributed by atoms with van der Waals surface area (Å²) in [6.45, 7) is 8.71. The van der Waals surface area contributed by atoms with Gasteiger partial charge in [-0.05, 0) is 47.8 Å². The quantitative estimate of drug-likeness (QED) is 0.820. The molecule has 1 aromatic carbocycles. The predicted octanol–water partition coefficient (Wildman–Crippen LogP) is 4.01. The summed E-state index contributed by atoms with van der Waals surface area (Å²) in [6, 6.07) is 3.93. The van der Waals surface area contributed by atoms with E-state index >= 15 is 0 Å². The van der Waals surface area contributed by atoms with Crippen LogP contribution in [0.4, 0.5) is 0 Å². The zero-order valence-corrected chi connectivity index (χ0v) is 12.1. The molecule has 1 aromatic heterocycles. The lowest BCUT2D eigenvalue weighted by molar-refractivity contribution is 0.588. The number of hydrogen-bond donors (Lipinski definition) is 1. The van der Waals surface area contributed by atoms with Gasteiger partial charge in [-0.2, -0.15) is 0 Å². The summed E-state index contributed by atoms with van der Waals surface area (Å²) in [5.41, 5.74) is 4.97. The van der Waals surface area contributed by atoms with E-state index in [0.29, 0.717) is 5.92 Å². The summed E-state index contributed by atoms with van der Waals surface area (Å²) in [4.78, 5) is 15.6. The van der Waals surface area contributed by atoms with Crippen LogP contribution in [0.1, 0.15) is 56.2 Å². The number of benzene rings is 1. The van der Waals surface area contributed by atoms with Gasteiger partial charge in [0.05, 0.1) is 5.52 Å². The zero-order chi connectivity index (χ0) is 13.8. The van der Waals surface area contributed by atoms with Gasteiger partial charge in [-0.15, -0.1) is 0 Å². The number of fused-ring (bicyclic) bond motifs is 1. The van der Waals surface area contributed by atoms with Crippen LogP contribution in [-0.4, -0.2) is 4.98 Å². The number of aromatic nitrogens is 1. The van der Waals surface area contributed by atoms with Crippen molar-refractivity contribution in [3.8, 4) is 0 Å². The predicted molar refractivity (Wildman–Crippen MR) is 80.0 cm³/mol. The Morgan fingerprint density at radius 3 is 2.53 bits per heavy atom. The van der Waals surface area contributed by atoms with Crippen LogP contribution in [0.5, 0.6) is 0 Å². The molecule has 0 saturated heterocycles. The Morgan fingerprint density at radius 2 is 1.95 bits per heavy atom. The third-order valence-electron chi connectivity index (χ3n) is 4.03. The Hall–Kier alpha value is -1.57. The molecule has 1 saturated carbocycles. The summed E-state index contributed by atoms with van der Waals surface area (Å²) in [5.74, 6) is 0.664. The van der Waals surface area contributed by atoms with Gasteiger partial charge < -0.3 is 4.98 Å². The summed E-state index contributed by atoms with van der Waals surface area (Å²) in [5, 5.41) is 0.900. The lowest BCUT2D eigenvalue weighted by Gasteiger charge is -2.25. The molecule has 1 aliphatic carbocycles. The van der Waals surface area contributed by atoms with Crippen LogP contribution < -0.4 is 5.43 Å². The maximum Gasteiger partial charge on any atom is 0.189 e. The number of nitrogens with one attached hydrogen (secondary N) is 1. The fraction of sp³-hybridized carbons (Fsp3) is 0.471. The Bertz CT molecular complexity index is 699. The van der Waals surface area contributed by atoms with E-state index in [0.717, 1.165) is 10.9 Å². The number of rotatable bonds is 1. The van der Waals surface area contributed by atoms with Gasteiger partial charge in [0.1, 0.15) is 0 Å². The Labute approximate surface area is 113 Å². The first-order valence-electron chi connectivity index (χ1n) is 7.05. The second-order valence-corrected chi connectivity index (χ2v) is 6.77. The average molecular weight is 255 g/mol. The molecule has 0 amide bonds. The van der Waals surface area contributed by atoms with Crippen molar-refractivity contribution in [3.63, 3.8) is 0 Å². The topological polar surface area (TPSA) is 32.9 Å². The molecule has 0 unspecified atom stereocenters. The van der Waals surface area contributed by atoms with Crippen LogP contribution >= 0.6 is 0 Å². The smallest absolute Gasteiger partial charge is 0.189 e. The monoisotopic (exact) mass is 255 g/mol. The summed E-state index contributed by atoms with van der Waals surface area (Å²) >= 11 is 0. The molecule has 2 aromatic rings. The molecule has 1 heterocycles. The first kappa shape index (κ1) is 12.5. The maximum atomic E-state index is 12.4. The number of pyridine rings is 1. The molecule has 0 aliphatic heterocycles. The number of hydrogen-bond acceptors (Lipinski definition) is 1. The van der Waals surface area contributed by atoms with Crippen molar-refractivity contribution >= 4 is 10.9 Å². The van der Waals surface area contributed by atoms with Gasteiger partial charge in [-0.25, -0.2) is 0 Å². The fourth-order valence-corrected chi connectivity index (χ4v) is 3.08. The summed E-state index contributed by atoms with van der Waals surface area (Å²) in [6.07, 6.45) is 4.28. The highest BCUT2D eigenvalue weighted by Gasteiger charge is 2.32. The SMILES string of the molecule is Cc1cc(C2CC2)c(C(C)(C)C)c2c(=O)cc[nH]c12. The van der Waals surface area contributed by atoms with Crippen LogP contribution in [0.3, 0.4) is 0 Å². The Balaban J connectivity index is 2.50. The van der Waals surface area contributed by atoms with Crippen molar-refractivity contribution in [1.29, 1.82) is 0 Å². The largest absolute Gasteiger partial charge is 0.361 e. The lowest BCUT2D eigenvalue weighted by atomic mass is 9.79. The number of aromatic amines is 1. The van der Waals surface area contributed by atoms with Gasteiger partial charge in [0.15, 0.2) is 5.43 Å². The normalized spacial score (nSPS) is 16.0. The fourth-order valence-electron chi connectivity index (χ4n) is 3.08. The standard InChI is InChI=1S/C17H21NO/c1-10-9-12(11-5-6-11)15(17(2,3)4)14-13(19)7-8-18-16(10)14/h7-9,11H,5-6H2,1-4H3,(H,18,19). The molecule has 19 heavy (non-hydrogen) atoms. The van der Waals surface area contributed by atoms with Crippen molar-refractivity contribution in [2.45, 2.75) is 51.9 Å². The van der Waals surface area contributed by atoms with Crippen molar-refractivity contribution in [2.75, 3.05) is 0 Å². The second kappa shape index (κ2) is 3.96. The van der Waals surface area contributed by atoms with E-state index < -0.39 is 0 Å². The van der Waals surface area contributed by atoms with Gasteiger partial charge in [0.2, 0.25) is 0 Å². The first-order valence-corrected chi connectivity index (χ1v) is 7.05. The van der Waals surface area contributed by atoms with E-state index in [9.17, 15) is 4.79 Å². The summed E-state index contributed by atoms with van der Waals surface area (Å²) in [7, 11) is 0. The molecular formula is C17H21NO. The van der Waals surface area contributed by atoms with E-state index in [1.807, 2.05) is 0 Å². The minimum absolute atomic E-state index is 0.00176. The molecule has 100 valence electrons. The molecule has 0 spiro atoms. The molecule has 1 N–H and O–H groups in total. The van der Waals surface area contributed by atoms with Crippen LogP contribution in [0.15, 0.2) is 23.1 Å². The summed E-state index contributed by atoms with van der Waals surface area (Å²) < 4.78 is 0. The van der Waals surface area contributed by atoms with Crippen LogP contribution in [0, 0.1) is 6.92 Å². The minimum atomic E-state index is -0.00176. The molecule has 1 fully saturated rings. The molecule has 2 heteroatoms. The van der Waals surface area contributed by atoms with Crippen LogP contribution in [0.2, 0.25) is 0 Å². The minimum Gasteiger partial charge on any atom is -0.361 e. The van der Waals surface area contributed by atoms with E-state index in [-0.39, 0.29) is 10.8 Å². The highest BCUT2D eigenvalue weighted by molar-refractivity contribution is 5.87. The van der Waals surface area contributed by atoms with Crippen LogP contribution in [0.25, 0.3) is 10.9 Å². The lowest BCUT2D eigenvalue weighted by Crippen LogP contribution is -2.19. The van der Waals surface area contributed by atoms with Crippen molar-refractivity contribution < 1.29 is 0 Å². The zero-order valence-electron chi connectivity index (χ0n) is 12.1. The van der Waals surface area contributed by atoms with E-state index in [1.54, 1.807) is 12.3 Å². The van der Waals surface area contributed by atoms with Crippen molar-refractivity contribution in [3.05, 3.63) is 45.2 Å². The Kier molecular flexibility index (Phi) is 2.60. The second-order valence-electron chi connectivity index (χ2n) is 6.77. The molecule has 0 bridgehead atoms. The highest BCUT2D eigenvalue weighted by Crippen LogP contribution is 2.46. The average Bonchev–Trinajstić information content (AvgIpc) is 3.12. The van der Waals surface area contributed by atoms with E-state index in [1.165, 1.54) is 29.5 Å². The molecular weight excluding hydrogens is 234 g/mol. The van der Waals surface area contributed by atoms with Gasteiger partial charge in [0.25, 0.3) is 0 Å². The van der Waals surface area contributed by atoms with Gasteiger partial charge in [-0.3, -0.25) is 4.79 Å². The third-order valence-corrected chi connectivity index (χ3v) is 4.03. The van der Waals surface area contributed by atoms with Crippen LogP contribution in [-0.2, 0) is 5.41 Å². The van der Waals surface area contributed by atoms with Crippen molar-refractivity contribution in [2.24, 2.45) is 0 Å². The van der Waals surface area contributed by atoms with Gasteiger partial charge >= 0.3 is 0 Å². The van der Waals surface area contributed by atoms with E-state index in [2.05, 4.69) is 38.7 Å². The van der Waals surface area contributed by atoms with E-state index in [4.69, 9.17) is 0 Å². The highest BCUT2D eigenvalue weighted by atomic mass is 16.1. The number of aryl methyl sites for hydroxylation is 1. The van der Waals surface area contributed by atoms with Crippen molar-refractivity contribution in [1.82, 2.24) is 4.98 Å².